The molecule has 1 aliphatic rings. The minimum absolute atomic E-state index is 0.854. The molecule has 1 fully saturated rings. The van der Waals surface area contributed by atoms with Crippen molar-refractivity contribution < 1.29 is 0 Å². The first-order valence-corrected chi connectivity index (χ1v) is 7.77. The number of aromatic nitrogens is 2. The maximum Gasteiger partial charge on any atom is 0.0739 e. The van der Waals surface area contributed by atoms with Crippen LogP contribution < -0.4 is 5.32 Å². The molecule has 0 aliphatic heterocycles. The van der Waals surface area contributed by atoms with Gasteiger partial charge < -0.3 is 5.32 Å². The Morgan fingerprint density at radius 2 is 2.11 bits per heavy atom. The van der Waals surface area contributed by atoms with E-state index in [1.165, 1.54) is 31.4 Å². The molecule has 1 aromatic rings. The van der Waals surface area contributed by atoms with Crippen molar-refractivity contribution in [1.82, 2.24) is 15.1 Å². The van der Waals surface area contributed by atoms with Gasteiger partial charge in [0.25, 0.3) is 0 Å². The van der Waals surface area contributed by atoms with E-state index in [0.29, 0.717) is 0 Å². The van der Waals surface area contributed by atoms with E-state index < -0.39 is 0 Å². The van der Waals surface area contributed by atoms with E-state index in [2.05, 4.69) is 33.3 Å². The molecule has 0 bridgehead atoms. The highest BCUT2D eigenvalue weighted by molar-refractivity contribution is 9.10. The van der Waals surface area contributed by atoms with Crippen molar-refractivity contribution in [2.24, 2.45) is 18.9 Å². The zero-order valence-corrected chi connectivity index (χ0v) is 13.3. The van der Waals surface area contributed by atoms with Crippen molar-refractivity contribution in [3.05, 3.63) is 15.9 Å². The molecule has 0 aromatic carbocycles. The Bertz CT molecular complexity index is 400. The molecule has 0 spiro atoms. The third-order valence-corrected chi connectivity index (χ3v) is 5.28. The van der Waals surface area contributed by atoms with Crippen molar-refractivity contribution in [2.45, 2.75) is 46.1 Å². The predicted octanol–water partition coefficient (Wildman–Crippen LogP) is 3.41. The zero-order valence-electron chi connectivity index (χ0n) is 11.7. The Morgan fingerprint density at radius 1 is 1.39 bits per heavy atom. The molecule has 3 nitrogen and oxygen atoms in total. The first-order valence-electron chi connectivity index (χ1n) is 6.98. The van der Waals surface area contributed by atoms with E-state index in [4.69, 9.17) is 0 Å². The molecule has 1 saturated carbocycles. The molecule has 18 heavy (non-hydrogen) atoms. The number of hydrogen-bond acceptors (Lipinski definition) is 2. The number of aryl methyl sites for hydroxylation is 2. The molecule has 0 radical (unpaired) electrons. The van der Waals surface area contributed by atoms with Crippen LogP contribution in [0.4, 0.5) is 0 Å². The van der Waals surface area contributed by atoms with Crippen molar-refractivity contribution in [3.63, 3.8) is 0 Å². The van der Waals surface area contributed by atoms with Crippen molar-refractivity contribution in [1.29, 1.82) is 0 Å². The van der Waals surface area contributed by atoms with Gasteiger partial charge in [-0.05, 0) is 47.7 Å². The molecule has 1 aliphatic carbocycles. The maximum atomic E-state index is 4.42. The van der Waals surface area contributed by atoms with Gasteiger partial charge in [-0.2, -0.15) is 5.10 Å². The highest BCUT2D eigenvalue weighted by Gasteiger charge is 2.21. The lowest BCUT2D eigenvalue weighted by atomic mass is 9.80. The summed E-state index contributed by atoms with van der Waals surface area (Å²) >= 11 is 3.62. The van der Waals surface area contributed by atoms with E-state index in [9.17, 15) is 0 Å². The third-order valence-electron chi connectivity index (χ3n) is 4.25. The molecule has 2 atom stereocenters. The van der Waals surface area contributed by atoms with Crippen LogP contribution in [0.2, 0.25) is 0 Å². The van der Waals surface area contributed by atoms with Gasteiger partial charge >= 0.3 is 0 Å². The number of hydrogen-bond donors (Lipinski definition) is 1. The van der Waals surface area contributed by atoms with Crippen molar-refractivity contribution in [2.75, 3.05) is 6.54 Å². The molecule has 1 aromatic heterocycles. The smallest absolute Gasteiger partial charge is 0.0739 e. The van der Waals surface area contributed by atoms with E-state index in [-0.39, 0.29) is 0 Å². The van der Waals surface area contributed by atoms with Gasteiger partial charge in [-0.1, -0.05) is 26.2 Å². The van der Waals surface area contributed by atoms with Gasteiger partial charge in [-0.15, -0.1) is 0 Å². The topological polar surface area (TPSA) is 29.9 Å². The Labute approximate surface area is 118 Å². The fourth-order valence-corrected chi connectivity index (χ4v) is 3.42. The van der Waals surface area contributed by atoms with Crippen LogP contribution in [0, 0.1) is 18.8 Å². The molecule has 2 rings (SSSR count). The molecule has 1 N–H and O–H groups in total. The lowest BCUT2D eigenvalue weighted by Crippen LogP contribution is -2.29. The fraction of sp³-hybridized carbons (Fsp3) is 0.786. The summed E-state index contributed by atoms with van der Waals surface area (Å²) < 4.78 is 3.12. The quantitative estimate of drug-likeness (QED) is 0.923. The monoisotopic (exact) mass is 313 g/mol. The van der Waals surface area contributed by atoms with Crippen LogP contribution in [0.5, 0.6) is 0 Å². The lowest BCUT2D eigenvalue weighted by Gasteiger charge is -2.28. The highest BCUT2D eigenvalue weighted by Crippen LogP contribution is 2.29. The van der Waals surface area contributed by atoms with E-state index >= 15 is 0 Å². The Hall–Kier alpha value is -0.350. The second-order valence-corrected chi connectivity index (χ2v) is 6.42. The van der Waals surface area contributed by atoms with E-state index in [1.807, 2.05) is 18.7 Å². The normalized spacial score (nSPS) is 24.4. The minimum atomic E-state index is 0.854. The third kappa shape index (κ3) is 3.15. The Morgan fingerprint density at radius 3 is 2.72 bits per heavy atom. The molecule has 0 saturated heterocycles. The summed E-state index contributed by atoms with van der Waals surface area (Å²) in [4.78, 5) is 0. The van der Waals surface area contributed by atoms with Crippen LogP contribution in [0.1, 0.15) is 44.0 Å². The van der Waals surface area contributed by atoms with Gasteiger partial charge in [0.15, 0.2) is 0 Å². The molecular weight excluding hydrogens is 290 g/mol. The van der Waals surface area contributed by atoms with Gasteiger partial charge in [0.2, 0.25) is 0 Å². The van der Waals surface area contributed by atoms with Gasteiger partial charge in [0, 0.05) is 13.6 Å². The molecular formula is C14H24BrN3. The summed E-state index contributed by atoms with van der Waals surface area (Å²) in [5.74, 6) is 1.73. The lowest BCUT2D eigenvalue weighted by molar-refractivity contribution is 0.247. The van der Waals surface area contributed by atoms with Crippen LogP contribution in [0.15, 0.2) is 4.47 Å². The van der Waals surface area contributed by atoms with E-state index in [0.717, 1.165) is 35.1 Å². The molecule has 0 amide bonds. The van der Waals surface area contributed by atoms with E-state index in [1.54, 1.807) is 0 Å². The largest absolute Gasteiger partial charge is 0.311 e. The fourth-order valence-electron chi connectivity index (χ4n) is 2.94. The standard InChI is InChI=1S/C14H24BrN3/c1-10-6-4-5-7-12(10)8-16-9-13-14(15)11(2)17-18(13)3/h10,12,16H,4-9H2,1-3H3. The SMILES string of the molecule is Cc1nn(C)c(CNCC2CCCCC2C)c1Br. The maximum absolute atomic E-state index is 4.42. The predicted molar refractivity (Wildman–Crippen MR) is 78.5 cm³/mol. The summed E-state index contributed by atoms with van der Waals surface area (Å²) in [6.45, 7) is 6.48. The zero-order chi connectivity index (χ0) is 13.1. The summed E-state index contributed by atoms with van der Waals surface area (Å²) in [7, 11) is 2.01. The summed E-state index contributed by atoms with van der Waals surface area (Å²) in [5.41, 5.74) is 2.32. The van der Waals surface area contributed by atoms with Gasteiger partial charge in [-0.3, -0.25) is 4.68 Å². The van der Waals surface area contributed by atoms with Crippen LogP contribution in [-0.4, -0.2) is 16.3 Å². The van der Waals surface area contributed by atoms with Crippen LogP contribution in [-0.2, 0) is 13.6 Å². The molecule has 102 valence electrons. The number of rotatable bonds is 4. The first-order chi connectivity index (χ1) is 8.59. The van der Waals surface area contributed by atoms with Gasteiger partial charge in [0.1, 0.15) is 0 Å². The second kappa shape index (κ2) is 6.20. The molecule has 2 unspecified atom stereocenters. The van der Waals surface area contributed by atoms with Gasteiger partial charge in [0.05, 0.1) is 15.9 Å². The van der Waals surface area contributed by atoms with Crippen LogP contribution >= 0.6 is 15.9 Å². The summed E-state index contributed by atoms with van der Waals surface area (Å²) in [6, 6.07) is 0. The second-order valence-electron chi connectivity index (χ2n) is 5.62. The van der Waals surface area contributed by atoms with Crippen molar-refractivity contribution >= 4 is 15.9 Å². The minimum Gasteiger partial charge on any atom is -0.311 e. The summed E-state index contributed by atoms with van der Waals surface area (Å²) in [5, 5.41) is 8.03. The van der Waals surface area contributed by atoms with Crippen molar-refractivity contribution in [3.8, 4) is 0 Å². The Balaban J connectivity index is 1.84. The first kappa shape index (κ1) is 14.1. The Kier molecular flexibility index (Phi) is 4.84. The number of nitrogens with one attached hydrogen (secondary N) is 1. The average Bonchev–Trinajstić information content (AvgIpc) is 2.58. The van der Waals surface area contributed by atoms with Crippen LogP contribution in [0.3, 0.4) is 0 Å². The average molecular weight is 314 g/mol. The number of nitrogens with zero attached hydrogens (tertiary/aromatic N) is 2. The molecule has 1 heterocycles. The van der Waals surface area contributed by atoms with Crippen LogP contribution in [0.25, 0.3) is 0 Å². The summed E-state index contributed by atoms with van der Waals surface area (Å²) in [6.07, 6.45) is 5.62. The highest BCUT2D eigenvalue weighted by atomic mass is 79.9. The van der Waals surface area contributed by atoms with Gasteiger partial charge in [-0.25, -0.2) is 0 Å². The number of halogens is 1. The molecule has 4 heteroatoms.